The molecule has 0 aliphatic rings. The second kappa shape index (κ2) is 6.25. The lowest BCUT2D eigenvalue weighted by molar-refractivity contribution is -0.385. The maximum Gasteiger partial charge on any atom is 0.273 e. The molecular weight excluding hydrogens is 276 g/mol. The summed E-state index contributed by atoms with van der Waals surface area (Å²) in [5.74, 6) is 2.10. The van der Waals surface area contributed by atoms with E-state index in [0.29, 0.717) is 11.6 Å². The molecule has 0 radical (unpaired) electrons. The lowest BCUT2D eigenvalue weighted by Gasteiger charge is -2.08. The van der Waals surface area contributed by atoms with Crippen molar-refractivity contribution in [1.29, 1.82) is 0 Å². The van der Waals surface area contributed by atoms with Crippen LogP contribution in [0.5, 0.6) is 11.5 Å². The Labute approximate surface area is 121 Å². The number of ether oxygens (including phenoxy) is 2. The number of aromatic nitrogens is 1. The molecule has 21 heavy (non-hydrogen) atoms. The van der Waals surface area contributed by atoms with E-state index in [1.807, 2.05) is 13.8 Å². The molecule has 7 heteroatoms. The minimum absolute atomic E-state index is 0.0685. The summed E-state index contributed by atoms with van der Waals surface area (Å²) in [5, 5.41) is 10.8. The molecule has 7 nitrogen and oxygen atoms in total. The third kappa shape index (κ3) is 3.50. The van der Waals surface area contributed by atoms with Gasteiger partial charge >= 0.3 is 0 Å². The Morgan fingerprint density at radius 1 is 1.38 bits per heavy atom. The van der Waals surface area contributed by atoms with Gasteiger partial charge in [0.05, 0.1) is 24.3 Å². The minimum Gasteiger partial charge on any atom is -0.493 e. The number of nitro benzene ring substituents is 1. The van der Waals surface area contributed by atoms with Crippen molar-refractivity contribution in [2.24, 2.45) is 0 Å². The third-order valence-electron chi connectivity index (χ3n) is 2.85. The van der Waals surface area contributed by atoms with E-state index in [2.05, 4.69) is 4.98 Å². The highest BCUT2D eigenvalue weighted by Gasteiger charge is 2.14. The zero-order valence-electron chi connectivity index (χ0n) is 12.0. The van der Waals surface area contributed by atoms with Crippen molar-refractivity contribution in [3.05, 3.63) is 46.2 Å². The largest absolute Gasteiger partial charge is 0.493 e. The van der Waals surface area contributed by atoms with Gasteiger partial charge in [0.25, 0.3) is 5.69 Å². The standard InChI is InChI=1S/C14H16N2O5/c1-9(2)13-7-15-14(21-13)8-20-12-6-10(16(17)18)4-5-11(12)19-3/h4-7,9H,8H2,1-3H3. The molecule has 0 unspecified atom stereocenters. The van der Waals surface area contributed by atoms with Crippen LogP contribution < -0.4 is 9.47 Å². The SMILES string of the molecule is COc1ccc([N+](=O)[O-])cc1OCc1ncc(C(C)C)o1. The van der Waals surface area contributed by atoms with Crippen LogP contribution in [-0.4, -0.2) is 17.0 Å². The number of methoxy groups -OCH3 is 1. The first-order chi connectivity index (χ1) is 10.0. The van der Waals surface area contributed by atoms with Crippen molar-refractivity contribution in [3.63, 3.8) is 0 Å². The predicted octanol–water partition coefficient (Wildman–Crippen LogP) is 3.29. The molecule has 2 rings (SSSR count). The summed E-state index contributed by atoms with van der Waals surface area (Å²) in [5.41, 5.74) is -0.0685. The first-order valence-corrected chi connectivity index (χ1v) is 6.41. The van der Waals surface area contributed by atoms with Crippen LogP contribution in [0.1, 0.15) is 31.4 Å². The molecule has 0 N–H and O–H groups in total. The Morgan fingerprint density at radius 3 is 2.71 bits per heavy atom. The van der Waals surface area contributed by atoms with Crippen LogP contribution in [0.15, 0.2) is 28.8 Å². The monoisotopic (exact) mass is 292 g/mol. The van der Waals surface area contributed by atoms with Crippen LogP contribution in [-0.2, 0) is 6.61 Å². The molecule has 1 aromatic carbocycles. The number of non-ortho nitro benzene ring substituents is 1. The highest BCUT2D eigenvalue weighted by Crippen LogP contribution is 2.31. The first kappa shape index (κ1) is 14.8. The smallest absolute Gasteiger partial charge is 0.273 e. The lowest BCUT2D eigenvalue weighted by atomic mass is 10.2. The van der Waals surface area contributed by atoms with Crippen LogP contribution in [0.25, 0.3) is 0 Å². The maximum absolute atomic E-state index is 10.8. The molecule has 0 bridgehead atoms. The van der Waals surface area contributed by atoms with Gasteiger partial charge in [-0.05, 0) is 6.07 Å². The summed E-state index contributed by atoms with van der Waals surface area (Å²) in [7, 11) is 1.47. The summed E-state index contributed by atoms with van der Waals surface area (Å²) < 4.78 is 16.1. The molecule has 2 aromatic rings. The second-order valence-electron chi connectivity index (χ2n) is 4.69. The van der Waals surface area contributed by atoms with Crippen molar-refractivity contribution >= 4 is 5.69 Å². The van der Waals surface area contributed by atoms with E-state index in [-0.39, 0.29) is 24.0 Å². The normalized spacial score (nSPS) is 10.7. The topological polar surface area (TPSA) is 87.6 Å². The van der Waals surface area contributed by atoms with Crippen LogP contribution in [0.2, 0.25) is 0 Å². The summed E-state index contributed by atoms with van der Waals surface area (Å²) in [6, 6.07) is 4.15. The molecule has 1 aromatic heterocycles. The Kier molecular flexibility index (Phi) is 4.42. The second-order valence-corrected chi connectivity index (χ2v) is 4.69. The summed E-state index contributed by atoms with van der Waals surface area (Å²) >= 11 is 0. The number of rotatable bonds is 6. The van der Waals surface area contributed by atoms with Gasteiger partial charge in [0.1, 0.15) is 5.76 Å². The molecule has 0 saturated heterocycles. The fourth-order valence-electron chi connectivity index (χ4n) is 1.69. The quantitative estimate of drug-likeness (QED) is 0.599. The van der Waals surface area contributed by atoms with Crippen molar-refractivity contribution in [2.45, 2.75) is 26.4 Å². The fourth-order valence-corrected chi connectivity index (χ4v) is 1.69. The van der Waals surface area contributed by atoms with Gasteiger partial charge in [0, 0.05) is 12.0 Å². The molecule has 0 amide bonds. The molecule has 0 fully saturated rings. The number of hydrogen-bond donors (Lipinski definition) is 0. The molecular formula is C14H16N2O5. The van der Waals surface area contributed by atoms with Gasteiger partial charge in [-0.25, -0.2) is 4.98 Å². The van der Waals surface area contributed by atoms with Crippen LogP contribution in [0, 0.1) is 10.1 Å². The van der Waals surface area contributed by atoms with Gasteiger partial charge in [0.2, 0.25) is 5.89 Å². The highest BCUT2D eigenvalue weighted by atomic mass is 16.6. The van der Waals surface area contributed by atoms with E-state index in [0.717, 1.165) is 5.76 Å². The van der Waals surface area contributed by atoms with Gasteiger partial charge in [-0.2, -0.15) is 0 Å². The zero-order chi connectivity index (χ0) is 15.4. The third-order valence-corrected chi connectivity index (χ3v) is 2.85. The molecule has 0 atom stereocenters. The van der Waals surface area contributed by atoms with Crippen LogP contribution in [0.4, 0.5) is 5.69 Å². The van der Waals surface area contributed by atoms with E-state index in [1.165, 1.54) is 25.3 Å². The van der Waals surface area contributed by atoms with Gasteiger partial charge in [0.15, 0.2) is 18.1 Å². The molecule has 0 aliphatic carbocycles. The van der Waals surface area contributed by atoms with Gasteiger partial charge < -0.3 is 13.9 Å². The summed E-state index contributed by atoms with van der Waals surface area (Å²) in [4.78, 5) is 14.4. The van der Waals surface area contributed by atoms with E-state index < -0.39 is 4.92 Å². The lowest BCUT2D eigenvalue weighted by Crippen LogP contribution is -1.99. The molecule has 1 heterocycles. The summed E-state index contributed by atoms with van der Waals surface area (Å²) in [6.45, 7) is 4.06. The maximum atomic E-state index is 10.8. The molecule has 0 aliphatic heterocycles. The first-order valence-electron chi connectivity index (χ1n) is 6.41. The van der Waals surface area contributed by atoms with E-state index in [9.17, 15) is 10.1 Å². The Morgan fingerprint density at radius 2 is 2.14 bits per heavy atom. The molecule has 0 saturated carbocycles. The molecule has 0 spiro atoms. The van der Waals surface area contributed by atoms with Gasteiger partial charge in [-0.15, -0.1) is 0 Å². The Balaban J connectivity index is 2.14. The van der Waals surface area contributed by atoms with Gasteiger partial charge in [-0.1, -0.05) is 13.8 Å². The van der Waals surface area contributed by atoms with E-state index >= 15 is 0 Å². The summed E-state index contributed by atoms with van der Waals surface area (Å²) in [6.07, 6.45) is 1.65. The zero-order valence-corrected chi connectivity index (χ0v) is 12.0. The number of nitrogens with zero attached hydrogens (tertiary/aromatic N) is 2. The minimum atomic E-state index is -0.492. The van der Waals surface area contributed by atoms with Crippen molar-refractivity contribution in [2.75, 3.05) is 7.11 Å². The van der Waals surface area contributed by atoms with Crippen molar-refractivity contribution in [1.82, 2.24) is 4.98 Å². The number of hydrogen-bond acceptors (Lipinski definition) is 6. The van der Waals surface area contributed by atoms with E-state index in [1.54, 1.807) is 6.20 Å². The highest BCUT2D eigenvalue weighted by molar-refractivity contribution is 5.48. The average molecular weight is 292 g/mol. The van der Waals surface area contributed by atoms with Crippen LogP contribution >= 0.6 is 0 Å². The fraction of sp³-hybridized carbons (Fsp3) is 0.357. The predicted molar refractivity (Wildman–Crippen MR) is 74.6 cm³/mol. The van der Waals surface area contributed by atoms with Crippen LogP contribution in [0.3, 0.4) is 0 Å². The van der Waals surface area contributed by atoms with Crippen molar-refractivity contribution < 1.29 is 18.8 Å². The van der Waals surface area contributed by atoms with Crippen molar-refractivity contribution in [3.8, 4) is 11.5 Å². The van der Waals surface area contributed by atoms with E-state index in [4.69, 9.17) is 13.9 Å². The number of oxazole rings is 1. The average Bonchev–Trinajstić information content (AvgIpc) is 2.93. The Bertz CT molecular complexity index is 636. The number of nitro groups is 1. The van der Waals surface area contributed by atoms with Gasteiger partial charge in [-0.3, -0.25) is 10.1 Å². The molecule has 112 valence electrons. The number of benzene rings is 1. The Hall–Kier alpha value is -2.57.